The Morgan fingerprint density at radius 2 is 1.83 bits per heavy atom. The number of ether oxygens (including phenoxy) is 1. The number of nitrogens with zero attached hydrogens (tertiary/aromatic N) is 1. The number of hydrogen-bond donors (Lipinski definition) is 0. The van der Waals surface area contributed by atoms with Gasteiger partial charge in [-0.1, -0.05) is 47.0 Å². The van der Waals surface area contributed by atoms with Crippen molar-refractivity contribution in [1.29, 1.82) is 5.26 Å². The quantitative estimate of drug-likeness (QED) is 0.293. The molecule has 2 aliphatic carbocycles. The summed E-state index contributed by atoms with van der Waals surface area (Å²) in [7, 11) is 0. The number of rotatable bonds is 9. The Kier molecular flexibility index (Phi) is 7.57. The van der Waals surface area contributed by atoms with Gasteiger partial charge in [-0.3, -0.25) is 4.79 Å². The van der Waals surface area contributed by atoms with Crippen molar-refractivity contribution in [3.8, 4) is 6.07 Å². The molecule has 6 unspecified atom stereocenters. The Morgan fingerprint density at radius 1 is 1.07 bits per heavy atom. The molecule has 0 spiro atoms. The highest BCUT2D eigenvalue weighted by atomic mass is 16.6. The molecule has 0 aromatic heterocycles. The summed E-state index contributed by atoms with van der Waals surface area (Å²) in [5, 5.41) is 8.84. The van der Waals surface area contributed by atoms with Crippen LogP contribution >= 0.6 is 0 Å². The lowest BCUT2D eigenvalue weighted by atomic mass is 9.52. The van der Waals surface area contributed by atoms with Crippen LogP contribution in [-0.4, -0.2) is 11.6 Å². The van der Waals surface area contributed by atoms with Crippen molar-refractivity contribution in [2.45, 2.75) is 117 Å². The first-order chi connectivity index (χ1) is 14.2. The van der Waals surface area contributed by atoms with Crippen molar-refractivity contribution >= 4 is 5.97 Å². The number of carbonyl (C=O) groups is 1. The molecule has 170 valence electrons. The minimum absolute atomic E-state index is 0.0247. The molecule has 2 saturated carbocycles. The van der Waals surface area contributed by atoms with Gasteiger partial charge in [0.2, 0.25) is 0 Å². The van der Waals surface area contributed by atoms with Crippen LogP contribution in [0.3, 0.4) is 0 Å². The minimum atomic E-state index is -0.322. The summed E-state index contributed by atoms with van der Waals surface area (Å²) < 4.78 is 6.03. The average molecular weight is 416 g/mol. The topological polar surface area (TPSA) is 50.1 Å². The van der Waals surface area contributed by atoms with Crippen LogP contribution in [0.2, 0.25) is 0 Å². The first-order valence-corrected chi connectivity index (χ1v) is 12.8. The van der Waals surface area contributed by atoms with Crippen molar-refractivity contribution in [3.63, 3.8) is 0 Å². The van der Waals surface area contributed by atoms with Crippen LogP contribution in [0.4, 0.5) is 0 Å². The Hall–Kier alpha value is -1.04. The largest absolute Gasteiger partial charge is 0.459 e. The minimum Gasteiger partial charge on any atom is -0.459 e. The fourth-order valence-corrected chi connectivity index (χ4v) is 7.84. The standard InChI is InChI=1S/C27H45NO2/c1-19(2)10-9-11-20(3)22-12-13-23-21-18-25(29)30-27(5,15-7-6-8-17-28)24(21)14-16-26(22,23)4/h19-24H,6-16,18H2,1-5H3/t20?,21?,22-,23?,24?,26?,27?/m1/s1. The smallest absolute Gasteiger partial charge is 0.306 e. The maximum atomic E-state index is 12.7. The lowest BCUT2D eigenvalue weighted by Gasteiger charge is -2.56. The number of esters is 1. The molecule has 1 heterocycles. The molecular weight excluding hydrogens is 370 g/mol. The summed E-state index contributed by atoms with van der Waals surface area (Å²) >= 11 is 0. The van der Waals surface area contributed by atoms with Gasteiger partial charge in [0, 0.05) is 18.8 Å². The molecule has 1 aliphatic heterocycles. The van der Waals surface area contributed by atoms with Crippen molar-refractivity contribution in [3.05, 3.63) is 0 Å². The number of hydrogen-bond acceptors (Lipinski definition) is 3. The van der Waals surface area contributed by atoms with Gasteiger partial charge in [0.15, 0.2) is 0 Å². The molecule has 0 aromatic carbocycles. The first kappa shape index (κ1) is 23.6. The van der Waals surface area contributed by atoms with Gasteiger partial charge in [0.25, 0.3) is 0 Å². The molecule has 7 atom stereocenters. The number of nitriles is 1. The molecule has 1 saturated heterocycles. The van der Waals surface area contributed by atoms with Crippen LogP contribution in [0.5, 0.6) is 0 Å². The van der Waals surface area contributed by atoms with Crippen LogP contribution in [0.15, 0.2) is 0 Å². The molecule has 3 nitrogen and oxygen atoms in total. The van der Waals surface area contributed by atoms with Crippen molar-refractivity contribution in [2.24, 2.45) is 40.9 Å². The highest BCUT2D eigenvalue weighted by molar-refractivity contribution is 5.71. The zero-order valence-corrected chi connectivity index (χ0v) is 20.2. The molecule has 3 fully saturated rings. The third kappa shape index (κ3) is 4.73. The second-order valence-electron chi connectivity index (χ2n) is 11.8. The van der Waals surface area contributed by atoms with Gasteiger partial charge in [-0.15, -0.1) is 0 Å². The van der Waals surface area contributed by atoms with E-state index in [4.69, 9.17) is 10.00 Å². The van der Waals surface area contributed by atoms with Crippen LogP contribution < -0.4 is 0 Å². The summed E-state index contributed by atoms with van der Waals surface area (Å²) in [5.41, 5.74) is 0.0789. The monoisotopic (exact) mass is 415 g/mol. The van der Waals surface area contributed by atoms with E-state index in [0.29, 0.717) is 36.0 Å². The molecule has 3 aliphatic rings. The first-order valence-electron chi connectivity index (χ1n) is 12.8. The van der Waals surface area contributed by atoms with Gasteiger partial charge in [0.1, 0.15) is 5.60 Å². The predicted molar refractivity (Wildman–Crippen MR) is 122 cm³/mol. The third-order valence-electron chi connectivity index (χ3n) is 9.38. The zero-order valence-electron chi connectivity index (χ0n) is 20.2. The van der Waals surface area contributed by atoms with Gasteiger partial charge >= 0.3 is 5.97 Å². The molecule has 0 radical (unpaired) electrons. The van der Waals surface area contributed by atoms with Gasteiger partial charge in [-0.25, -0.2) is 0 Å². The van der Waals surface area contributed by atoms with E-state index in [1.807, 2.05) is 0 Å². The number of carbonyl (C=O) groups excluding carboxylic acids is 1. The third-order valence-corrected chi connectivity index (χ3v) is 9.38. The number of unbranched alkanes of at least 4 members (excludes halogenated alkanes) is 2. The van der Waals surface area contributed by atoms with Crippen LogP contribution in [0.1, 0.15) is 112 Å². The van der Waals surface area contributed by atoms with E-state index in [0.717, 1.165) is 37.0 Å². The van der Waals surface area contributed by atoms with Crippen molar-refractivity contribution < 1.29 is 9.53 Å². The Labute approximate surface area is 185 Å². The maximum Gasteiger partial charge on any atom is 0.306 e. The van der Waals surface area contributed by atoms with Crippen molar-refractivity contribution in [2.75, 3.05) is 0 Å². The second kappa shape index (κ2) is 9.62. The van der Waals surface area contributed by atoms with Gasteiger partial charge in [0.05, 0.1) is 6.07 Å². The Bertz CT molecular complexity index is 637. The van der Waals surface area contributed by atoms with Crippen LogP contribution in [-0.2, 0) is 9.53 Å². The van der Waals surface area contributed by atoms with Crippen LogP contribution in [0, 0.1) is 52.3 Å². The van der Waals surface area contributed by atoms with E-state index in [2.05, 4.69) is 40.7 Å². The van der Waals surface area contributed by atoms with Gasteiger partial charge in [-0.05, 0) is 86.9 Å². The summed E-state index contributed by atoms with van der Waals surface area (Å²) in [5.74, 6) is 4.12. The lowest BCUT2D eigenvalue weighted by Crippen LogP contribution is -2.55. The molecule has 0 bridgehead atoms. The molecule has 0 aromatic rings. The SMILES string of the molecule is CC(C)CCCC(C)[C@H]1CCC2C3CC(=O)OC(C)(CCCCC#N)C3CCC21C. The van der Waals surface area contributed by atoms with Crippen LogP contribution in [0.25, 0.3) is 0 Å². The van der Waals surface area contributed by atoms with E-state index in [-0.39, 0.29) is 11.6 Å². The Balaban J connectivity index is 1.69. The zero-order chi connectivity index (χ0) is 21.9. The van der Waals surface area contributed by atoms with E-state index in [1.54, 1.807) is 0 Å². The summed E-state index contributed by atoms with van der Waals surface area (Å²) in [6.45, 7) is 11.9. The average Bonchev–Trinajstić information content (AvgIpc) is 3.02. The number of cyclic esters (lactones) is 1. The highest BCUT2D eigenvalue weighted by Gasteiger charge is 2.60. The van der Waals surface area contributed by atoms with E-state index >= 15 is 0 Å². The van der Waals surface area contributed by atoms with E-state index < -0.39 is 0 Å². The molecule has 3 rings (SSSR count). The molecule has 0 N–H and O–H groups in total. The molecular formula is C27H45NO2. The van der Waals surface area contributed by atoms with E-state index in [9.17, 15) is 4.79 Å². The second-order valence-corrected chi connectivity index (χ2v) is 11.8. The maximum absolute atomic E-state index is 12.7. The fraction of sp³-hybridized carbons (Fsp3) is 0.926. The molecule has 3 heteroatoms. The lowest BCUT2D eigenvalue weighted by molar-refractivity contribution is -0.196. The predicted octanol–water partition coefficient (Wildman–Crippen LogP) is 7.30. The Morgan fingerprint density at radius 3 is 2.53 bits per heavy atom. The van der Waals surface area contributed by atoms with Gasteiger partial charge < -0.3 is 4.74 Å². The van der Waals surface area contributed by atoms with Crippen molar-refractivity contribution in [1.82, 2.24) is 0 Å². The summed E-state index contributed by atoms with van der Waals surface area (Å²) in [6.07, 6.45) is 13.3. The molecule has 0 amide bonds. The summed E-state index contributed by atoms with van der Waals surface area (Å²) in [6, 6.07) is 2.25. The normalized spacial score (nSPS) is 39.2. The number of fused-ring (bicyclic) bond motifs is 3. The fourth-order valence-electron chi connectivity index (χ4n) is 7.84. The van der Waals surface area contributed by atoms with Gasteiger partial charge in [-0.2, -0.15) is 5.26 Å². The highest BCUT2D eigenvalue weighted by Crippen LogP contribution is 2.64. The van der Waals surface area contributed by atoms with E-state index in [1.165, 1.54) is 44.9 Å². The molecule has 30 heavy (non-hydrogen) atoms. The summed E-state index contributed by atoms with van der Waals surface area (Å²) in [4.78, 5) is 12.7.